The fraction of sp³-hybridized carbons (Fsp3) is 0.211. The maximum atomic E-state index is 12.4. The van der Waals surface area contributed by atoms with Crippen molar-refractivity contribution >= 4 is 44.2 Å². The summed E-state index contributed by atoms with van der Waals surface area (Å²) in [7, 11) is 0. The average molecular weight is 353 g/mol. The molecule has 128 valence electrons. The van der Waals surface area contributed by atoms with Crippen LogP contribution in [0.3, 0.4) is 0 Å². The Hall–Kier alpha value is -2.73. The van der Waals surface area contributed by atoms with Gasteiger partial charge < -0.3 is 10.6 Å². The summed E-state index contributed by atoms with van der Waals surface area (Å²) in [5.74, 6) is -0.173. The minimum atomic E-state index is -0.140. The highest BCUT2D eigenvalue weighted by Crippen LogP contribution is 2.28. The highest BCUT2D eigenvalue weighted by molar-refractivity contribution is 7.22. The topological polar surface area (TPSA) is 71.1 Å². The Kier molecular flexibility index (Phi) is 5.09. The molecule has 0 aliphatic rings. The molecule has 6 heteroatoms. The summed E-state index contributed by atoms with van der Waals surface area (Å²) < 4.78 is 0.911. The fourth-order valence-corrected chi connectivity index (χ4v) is 3.41. The number of aromatic nitrogens is 1. The lowest BCUT2D eigenvalue weighted by atomic mass is 10.1. The van der Waals surface area contributed by atoms with Crippen LogP contribution in [0.2, 0.25) is 0 Å². The third-order valence-electron chi connectivity index (χ3n) is 3.76. The number of hydrogen-bond donors (Lipinski definition) is 2. The molecule has 0 bridgehead atoms. The van der Waals surface area contributed by atoms with Crippen LogP contribution in [0.1, 0.15) is 35.7 Å². The van der Waals surface area contributed by atoms with Gasteiger partial charge in [0.1, 0.15) is 0 Å². The lowest BCUT2D eigenvalue weighted by Gasteiger charge is -2.07. The molecule has 1 heterocycles. The first-order valence-electron chi connectivity index (χ1n) is 8.14. The molecule has 0 saturated heterocycles. The number of aryl methyl sites for hydroxylation is 1. The molecule has 0 saturated carbocycles. The van der Waals surface area contributed by atoms with Gasteiger partial charge in [0.2, 0.25) is 5.91 Å². The van der Waals surface area contributed by atoms with Gasteiger partial charge in [0.05, 0.1) is 10.2 Å². The Bertz CT molecular complexity index is 933. The van der Waals surface area contributed by atoms with E-state index in [9.17, 15) is 9.59 Å². The van der Waals surface area contributed by atoms with E-state index in [1.165, 1.54) is 11.3 Å². The van der Waals surface area contributed by atoms with E-state index in [-0.39, 0.29) is 11.8 Å². The van der Waals surface area contributed by atoms with Crippen LogP contribution < -0.4 is 10.6 Å². The SMILES string of the molecule is CCCC(=O)Nc1nc2ccc(NC(=O)c3ccccc3C)cc2s1. The molecule has 2 N–H and O–H groups in total. The second kappa shape index (κ2) is 7.44. The second-order valence-corrected chi connectivity index (χ2v) is 6.80. The lowest BCUT2D eigenvalue weighted by molar-refractivity contribution is -0.116. The van der Waals surface area contributed by atoms with Crippen molar-refractivity contribution in [3.8, 4) is 0 Å². The number of anilines is 2. The zero-order chi connectivity index (χ0) is 17.8. The van der Waals surface area contributed by atoms with E-state index >= 15 is 0 Å². The molecular weight excluding hydrogens is 334 g/mol. The molecule has 0 radical (unpaired) electrons. The molecule has 0 atom stereocenters. The zero-order valence-electron chi connectivity index (χ0n) is 14.1. The third kappa shape index (κ3) is 4.03. The van der Waals surface area contributed by atoms with E-state index in [4.69, 9.17) is 0 Å². The number of nitrogens with one attached hydrogen (secondary N) is 2. The molecule has 0 fully saturated rings. The number of thiazole rings is 1. The van der Waals surface area contributed by atoms with Gasteiger partial charge in [-0.25, -0.2) is 4.98 Å². The molecular formula is C19H19N3O2S. The fourth-order valence-electron chi connectivity index (χ4n) is 2.49. The van der Waals surface area contributed by atoms with E-state index < -0.39 is 0 Å². The van der Waals surface area contributed by atoms with E-state index in [0.717, 1.165) is 22.2 Å². The van der Waals surface area contributed by atoms with Gasteiger partial charge in [-0.3, -0.25) is 9.59 Å². The summed E-state index contributed by atoms with van der Waals surface area (Å²) in [6, 6.07) is 13.0. The Labute approximate surface area is 150 Å². The molecule has 25 heavy (non-hydrogen) atoms. The van der Waals surface area contributed by atoms with Gasteiger partial charge in [0.15, 0.2) is 5.13 Å². The van der Waals surface area contributed by atoms with Crippen LogP contribution in [-0.2, 0) is 4.79 Å². The summed E-state index contributed by atoms with van der Waals surface area (Å²) in [5.41, 5.74) is 3.08. The standard InChI is InChI=1S/C19H19N3O2S/c1-3-6-17(23)22-19-21-15-10-9-13(11-16(15)25-19)20-18(24)14-8-5-4-7-12(14)2/h4-5,7-11H,3,6H2,1-2H3,(H,20,24)(H,21,22,23). The van der Waals surface area contributed by atoms with Crippen molar-refractivity contribution in [3.05, 3.63) is 53.6 Å². The van der Waals surface area contributed by atoms with Crippen LogP contribution in [0.4, 0.5) is 10.8 Å². The van der Waals surface area contributed by atoms with E-state index in [1.54, 1.807) is 6.07 Å². The van der Waals surface area contributed by atoms with Gasteiger partial charge in [0, 0.05) is 17.7 Å². The van der Waals surface area contributed by atoms with Gasteiger partial charge in [-0.15, -0.1) is 0 Å². The van der Waals surface area contributed by atoms with Crippen molar-refractivity contribution in [3.63, 3.8) is 0 Å². The van der Waals surface area contributed by atoms with Crippen molar-refractivity contribution in [1.82, 2.24) is 4.98 Å². The smallest absolute Gasteiger partial charge is 0.255 e. The van der Waals surface area contributed by atoms with Crippen LogP contribution >= 0.6 is 11.3 Å². The number of rotatable bonds is 5. The van der Waals surface area contributed by atoms with E-state index in [1.807, 2.05) is 50.2 Å². The number of amides is 2. The number of nitrogens with zero attached hydrogens (tertiary/aromatic N) is 1. The van der Waals surface area contributed by atoms with Gasteiger partial charge in [-0.2, -0.15) is 0 Å². The molecule has 3 aromatic rings. The predicted molar refractivity (Wildman–Crippen MR) is 102 cm³/mol. The minimum absolute atomic E-state index is 0.0327. The highest BCUT2D eigenvalue weighted by atomic mass is 32.1. The minimum Gasteiger partial charge on any atom is -0.322 e. The average Bonchev–Trinajstić information content (AvgIpc) is 2.96. The summed E-state index contributed by atoms with van der Waals surface area (Å²) >= 11 is 1.40. The van der Waals surface area contributed by atoms with Crippen LogP contribution in [0.15, 0.2) is 42.5 Å². The summed E-state index contributed by atoms with van der Waals surface area (Å²) in [4.78, 5) is 28.5. The van der Waals surface area contributed by atoms with Crippen molar-refractivity contribution in [1.29, 1.82) is 0 Å². The zero-order valence-corrected chi connectivity index (χ0v) is 14.9. The number of carbonyl (C=O) groups excluding carboxylic acids is 2. The van der Waals surface area contributed by atoms with Gasteiger partial charge in [-0.1, -0.05) is 36.5 Å². The first-order valence-corrected chi connectivity index (χ1v) is 8.96. The van der Waals surface area contributed by atoms with Gasteiger partial charge >= 0.3 is 0 Å². The number of carbonyl (C=O) groups is 2. The molecule has 2 aromatic carbocycles. The van der Waals surface area contributed by atoms with Crippen LogP contribution in [0.25, 0.3) is 10.2 Å². The molecule has 2 amide bonds. The number of benzene rings is 2. The molecule has 5 nitrogen and oxygen atoms in total. The summed E-state index contributed by atoms with van der Waals surface area (Å²) in [6.07, 6.45) is 1.28. The van der Waals surface area contributed by atoms with Crippen LogP contribution in [-0.4, -0.2) is 16.8 Å². The first-order chi connectivity index (χ1) is 12.1. The van der Waals surface area contributed by atoms with Crippen molar-refractivity contribution in [2.75, 3.05) is 10.6 Å². The molecule has 1 aromatic heterocycles. The molecule has 0 unspecified atom stereocenters. The Morgan fingerprint density at radius 3 is 2.68 bits per heavy atom. The Morgan fingerprint density at radius 2 is 1.92 bits per heavy atom. The first kappa shape index (κ1) is 17.1. The van der Waals surface area contributed by atoms with Crippen LogP contribution in [0.5, 0.6) is 0 Å². The van der Waals surface area contributed by atoms with Crippen molar-refractivity contribution in [2.24, 2.45) is 0 Å². The Balaban J connectivity index is 1.78. The highest BCUT2D eigenvalue weighted by Gasteiger charge is 2.11. The quantitative estimate of drug-likeness (QED) is 0.704. The lowest BCUT2D eigenvalue weighted by Crippen LogP contribution is -2.13. The molecule has 0 spiro atoms. The largest absolute Gasteiger partial charge is 0.322 e. The second-order valence-electron chi connectivity index (χ2n) is 5.77. The third-order valence-corrected chi connectivity index (χ3v) is 4.69. The Morgan fingerprint density at radius 1 is 1.12 bits per heavy atom. The molecule has 3 rings (SSSR count). The van der Waals surface area contributed by atoms with Crippen molar-refractivity contribution in [2.45, 2.75) is 26.7 Å². The van der Waals surface area contributed by atoms with Crippen molar-refractivity contribution < 1.29 is 9.59 Å². The van der Waals surface area contributed by atoms with E-state index in [2.05, 4.69) is 15.6 Å². The van der Waals surface area contributed by atoms with Gasteiger partial charge in [0.25, 0.3) is 5.91 Å². The monoisotopic (exact) mass is 353 g/mol. The van der Waals surface area contributed by atoms with Crippen LogP contribution in [0, 0.1) is 6.92 Å². The summed E-state index contributed by atoms with van der Waals surface area (Å²) in [5, 5.41) is 6.30. The molecule has 0 aliphatic heterocycles. The predicted octanol–water partition coefficient (Wildman–Crippen LogP) is 4.60. The number of fused-ring (bicyclic) bond motifs is 1. The normalized spacial score (nSPS) is 10.6. The van der Waals surface area contributed by atoms with Gasteiger partial charge in [-0.05, 0) is 43.2 Å². The van der Waals surface area contributed by atoms with E-state index in [0.29, 0.717) is 22.8 Å². The summed E-state index contributed by atoms with van der Waals surface area (Å²) in [6.45, 7) is 3.87. The maximum Gasteiger partial charge on any atom is 0.255 e. The molecule has 0 aliphatic carbocycles. The number of hydrogen-bond acceptors (Lipinski definition) is 4. The maximum absolute atomic E-state index is 12.4.